The van der Waals surface area contributed by atoms with Gasteiger partial charge in [-0.15, -0.1) is 0 Å². The van der Waals surface area contributed by atoms with E-state index in [2.05, 4.69) is 4.98 Å². The standard InChI is InChI=1S/C30H28F3N3O3S/c1-40(38,39)25-11-8-21(9-12-25)20-2-4-22(5-3-20)28-34-26-16-24(30(31,32)33)10-13-27(26)36(28)18-19-14-15-35(17-19)29(37)23-6-7-23/h2-5,8-13,16,19,23H,6-7,14-15,17-18H2,1H3. The molecule has 0 bridgehead atoms. The van der Waals surface area contributed by atoms with E-state index in [1.165, 1.54) is 6.07 Å². The van der Waals surface area contributed by atoms with Crippen LogP contribution >= 0.6 is 0 Å². The molecule has 1 saturated carbocycles. The van der Waals surface area contributed by atoms with Gasteiger partial charge in [0.2, 0.25) is 5.91 Å². The summed E-state index contributed by atoms with van der Waals surface area (Å²) in [6.07, 6.45) is -0.567. The highest BCUT2D eigenvalue weighted by molar-refractivity contribution is 7.90. The van der Waals surface area contributed by atoms with Gasteiger partial charge in [0.15, 0.2) is 9.84 Å². The monoisotopic (exact) mass is 567 g/mol. The Labute approximate surface area is 230 Å². The number of aromatic nitrogens is 2. The highest BCUT2D eigenvalue weighted by atomic mass is 32.2. The highest BCUT2D eigenvalue weighted by Gasteiger charge is 2.37. The predicted octanol–water partition coefficient (Wildman–Crippen LogP) is 6.05. The number of nitrogens with zero attached hydrogens (tertiary/aromatic N) is 3. The van der Waals surface area contributed by atoms with Gasteiger partial charge >= 0.3 is 6.18 Å². The minimum Gasteiger partial charge on any atom is -0.342 e. The van der Waals surface area contributed by atoms with Gasteiger partial charge in [-0.05, 0) is 66.6 Å². The lowest BCUT2D eigenvalue weighted by atomic mass is 10.0. The van der Waals surface area contributed by atoms with Crippen molar-refractivity contribution in [1.82, 2.24) is 14.5 Å². The van der Waals surface area contributed by atoms with Gasteiger partial charge in [-0.2, -0.15) is 13.2 Å². The molecule has 2 fully saturated rings. The molecule has 3 aromatic carbocycles. The lowest BCUT2D eigenvalue weighted by Crippen LogP contribution is -2.30. The number of amides is 1. The fourth-order valence-electron chi connectivity index (χ4n) is 5.45. The third-order valence-corrected chi connectivity index (χ3v) is 8.93. The van der Waals surface area contributed by atoms with Crippen LogP contribution in [0.4, 0.5) is 13.2 Å². The molecule has 0 radical (unpaired) electrons. The van der Waals surface area contributed by atoms with Crippen molar-refractivity contribution >= 4 is 26.8 Å². The van der Waals surface area contributed by atoms with Crippen molar-refractivity contribution < 1.29 is 26.4 Å². The SMILES string of the molecule is CS(=O)(=O)c1ccc(-c2ccc(-c3nc4cc(C(F)(F)F)ccc4n3CC3CCN(C(=O)C4CC4)C3)cc2)cc1. The average Bonchev–Trinajstić information content (AvgIpc) is 3.57. The summed E-state index contributed by atoms with van der Waals surface area (Å²) in [7, 11) is -3.30. The van der Waals surface area contributed by atoms with Gasteiger partial charge in [0.25, 0.3) is 0 Å². The Hall–Kier alpha value is -3.66. The van der Waals surface area contributed by atoms with E-state index in [1.54, 1.807) is 24.3 Å². The van der Waals surface area contributed by atoms with Crippen LogP contribution in [0.25, 0.3) is 33.5 Å². The minimum absolute atomic E-state index is 0.158. The third-order valence-electron chi connectivity index (χ3n) is 7.80. The Morgan fingerprint density at radius 2 is 1.55 bits per heavy atom. The summed E-state index contributed by atoms with van der Waals surface area (Å²) >= 11 is 0. The highest BCUT2D eigenvalue weighted by Crippen LogP contribution is 2.36. The molecule has 40 heavy (non-hydrogen) atoms. The van der Waals surface area contributed by atoms with Crippen molar-refractivity contribution in [1.29, 1.82) is 0 Å². The van der Waals surface area contributed by atoms with E-state index < -0.39 is 21.6 Å². The lowest BCUT2D eigenvalue weighted by molar-refractivity contribution is -0.137. The van der Waals surface area contributed by atoms with Crippen molar-refractivity contribution in [2.24, 2.45) is 11.8 Å². The predicted molar refractivity (Wildman–Crippen MR) is 146 cm³/mol. The summed E-state index contributed by atoms with van der Waals surface area (Å²) < 4.78 is 65.9. The molecule has 1 aliphatic carbocycles. The number of hydrogen-bond donors (Lipinski definition) is 0. The molecule has 2 heterocycles. The minimum atomic E-state index is -4.47. The molecule has 1 saturated heterocycles. The summed E-state index contributed by atoms with van der Waals surface area (Å²) in [5, 5.41) is 0. The lowest BCUT2D eigenvalue weighted by Gasteiger charge is -2.18. The molecule has 6 rings (SSSR count). The zero-order valence-corrected chi connectivity index (χ0v) is 22.7. The molecule has 2 aliphatic rings. The van der Waals surface area contributed by atoms with Crippen LogP contribution < -0.4 is 0 Å². The molecule has 4 aromatic rings. The summed E-state index contributed by atoms with van der Waals surface area (Å²) in [5.41, 5.74) is 2.62. The van der Waals surface area contributed by atoms with Gasteiger partial charge in [-0.3, -0.25) is 4.79 Å². The maximum absolute atomic E-state index is 13.5. The first-order valence-corrected chi connectivity index (χ1v) is 15.1. The van der Waals surface area contributed by atoms with E-state index in [-0.39, 0.29) is 28.2 Å². The van der Waals surface area contributed by atoms with E-state index in [1.807, 2.05) is 33.7 Å². The smallest absolute Gasteiger partial charge is 0.342 e. The molecular weight excluding hydrogens is 539 g/mol. The molecular formula is C30H28F3N3O3S. The number of alkyl halides is 3. The van der Waals surface area contributed by atoms with Crippen LogP contribution in [0.1, 0.15) is 24.8 Å². The second-order valence-electron chi connectivity index (χ2n) is 10.8. The van der Waals surface area contributed by atoms with Crippen molar-refractivity contribution in [2.45, 2.75) is 36.9 Å². The van der Waals surface area contributed by atoms with Crippen LogP contribution in [0.5, 0.6) is 0 Å². The quantitative estimate of drug-likeness (QED) is 0.284. The number of benzene rings is 3. The second-order valence-corrected chi connectivity index (χ2v) is 12.9. The van der Waals surface area contributed by atoms with Crippen molar-refractivity contribution in [3.63, 3.8) is 0 Å². The summed E-state index contributed by atoms with van der Waals surface area (Å²) in [4.78, 5) is 19.4. The number of fused-ring (bicyclic) bond motifs is 1. The first-order chi connectivity index (χ1) is 19.0. The van der Waals surface area contributed by atoms with Gasteiger partial charge in [0, 0.05) is 37.4 Å². The molecule has 1 unspecified atom stereocenters. The van der Waals surface area contributed by atoms with Crippen molar-refractivity contribution in [3.8, 4) is 22.5 Å². The topological polar surface area (TPSA) is 72.3 Å². The number of carbonyl (C=O) groups excluding carboxylic acids is 1. The van der Waals surface area contributed by atoms with Gasteiger partial charge < -0.3 is 9.47 Å². The van der Waals surface area contributed by atoms with E-state index >= 15 is 0 Å². The zero-order chi connectivity index (χ0) is 28.2. The summed E-state index contributed by atoms with van der Waals surface area (Å²) in [6.45, 7) is 1.88. The molecule has 0 N–H and O–H groups in total. The van der Waals surface area contributed by atoms with Crippen LogP contribution in [-0.2, 0) is 27.4 Å². The first-order valence-electron chi connectivity index (χ1n) is 13.2. The Kier molecular flexibility index (Phi) is 6.48. The van der Waals surface area contributed by atoms with Crippen molar-refractivity contribution in [2.75, 3.05) is 19.3 Å². The van der Waals surface area contributed by atoms with Gasteiger partial charge in [0.05, 0.1) is 21.5 Å². The van der Waals surface area contributed by atoms with Gasteiger partial charge in [-0.25, -0.2) is 13.4 Å². The van der Waals surface area contributed by atoms with Gasteiger partial charge in [0.1, 0.15) is 5.82 Å². The number of imidazole rings is 1. The number of sulfone groups is 1. The van der Waals surface area contributed by atoms with E-state index in [4.69, 9.17) is 0 Å². The van der Waals surface area contributed by atoms with Crippen LogP contribution in [0.15, 0.2) is 71.6 Å². The molecule has 1 aliphatic heterocycles. The fourth-order valence-corrected chi connectivity index (χ4v) is 6.08. The van der Waals surface area contributed by atoms with Crippen LogP contribution in [0.3, 0.4) is 0 Å². The van der Waals surface area contributed by atoms with Gasteiger partial charge in [-0.1, -0.05) is 36.4 Å². The first kappa shape index (κ1) is 26.6. The number of rotatable bonds is 6. The largest absolute Gasteiger partial charge is 0.416 e. The Bertz CT molecular complexity index is 1690. The van der Waals surface area contributed by atoms with E-state index in [0.717, 1.165) is 54.3 Å². The number of halogens is 3. The van der Waals surface area contributed by atoms with Crippen LogP contribution in [-0.4, -0.2) is 48.1 Å². The Morgan fingerprint density at radius 3 is 2.15 bits per heavy atom. The van der Waals surface area contributed by atoms with Crippen LogP contribution in [0.2, 0.25) is 0 Å². The maximum Gasteiger partial charge on any atom is 0.416 e. The molecule has 6 nitrogen and oxygen atoms in total. The average molecular weight is 568 g/mol. The number of carbonyl (C=O) groups is 1. The van der Waals surface area contributed by atoms with Crippen LogP contribution in [0, 0.1) is 11.8 Å². The Balaban J connectivity index is 1.33. The summed E-state index contributed by atoms with van der Waals surface area (Å²) in [6, 6.07) is 17.8. The van der Waals surface area contributed by atoms with E-state index in [9.17, 15) is 26.4 Å². The van der Waals surface area contributed by atoms with E-state index in [0.29, 0.717) is 31.0 Å². The number of likely N-dealkylation sites (tertiary alicyclic amines) is 1. The number of hydrogen-bond acceptors (Lipinski definition) is 4. The fraction of sp³-hybridized carbons (Fsp3) is 0.333. The molecule has 0 spiro atoms. The Morgan fingerprint density at radius 1 is 0.925 bits per heavy atom. The second kappa shape index (κ2) is 9.76. The normalized spacial score (nSPS) is 18.0. The molecule has 1 atom stereocenters. The maximum atomic E-state index is 13.5. The molecule has 208 valence electrons. The zero-order valence-electron chi connectivity index (χ0n) is 21.9. The third kappa shape index (κ3) is 5.24. The van der Waals surface area contributed by atoms with Crippen molar-refractivity contribution in [3.05, 3.63) is 72.3 Å². The molecule has 10 heteroatoms. The molecule has 1 aromatic heterocycles. The molecule has 1 amide bonds. The summed E-state index contributed by atoms with van der Waals surface area (Å²) in [5.74, 6) is 1.12.